The van der Waals surface area contributed by atoms with Crippen molar-refractivity contribution in [3.8, 4) is 0 Å². The topological polar surface area (TPSA) is 167 Å². The third-order valence-electron chi connectivity index (χ3n) is 4.35. The van der Waals surface area contributed by atoms with Crippen LogP contribution >= 0.6 is 11.6 Å². The lowest BCUT2D eigenvalue weighted by atomic mass is 10.1. The van der Waals surface area contributed by atoms with Crippen molar-refractivity contribution < 1.29 is 23.5 Å². The van der Waals surface area contributed by atoms with Crippen LogP contribution in [0.15, 0.2) is 36.5 Å². The molecule has 6 N–H and O–H groups in total. The van der Waals surface area contributed by atoms with Crippen LogP contribution in [0.2, 0.25) is 5.02 Å². The number of benzene rings is 1. The van der Waals surface area contributed by atoms with Gasteiger partial charge in [0.25, 0.3) is 11.8 Å². The number of hydrogen-bond donors (Lipinski definition) is 4. The zero-order valence-electron chi connectivity index (χ0n) is 17.3. The second-order valence-corrected chi connectivity index (χ2v) is 7.19. The minimum Gasteiger partial charge on any atom is -0.383 e. The van der Waals surface area contributed by atoms with Gasteiger partial charge in [0.2, 0.25) is 11.9 Å². The molecule has 1 aromatic carbocycles. The molecule has 0 saturated heterocycles. The van der Waals surface area contributed by atoms with Gasteiger partial charge >= 0.3 is 0 Å². The van der Waals surface area contributed by atoms with Gasteiger partial charge < -0.3 is 26.8 Å². The van der Waals surface area contributed by atoms with Crippen LogP contribution < -0.4 is 22.1 Å². The molecule has 172 valence electrons. The number of nitrogen functional groups attached to an aromatic ring is 1. The zero-order chi connectivity index (χ0) is 24.1. The van der Waals surface area contributed by atoms with E-state index in [4.69, 9.17) is 27.8 Å². The van der Waals surface area contributed by atoms with Crippen LogP contribution in [0.25, 0.3) is 0 Å². The largest absolute Gasteiger partial charge is 0.383 e. The Hall–Kier alpha value is -4.03. The van der Waals surface area contributed by atoms with Gasteiger partial charge in [0, 0.05) is 12.1 Å². The van der Waals surface area contributed by atoms with Crippen molar-refractivity contribution in [1.29, 1.82) is 0 Å². The van der Waals surface area contributed by atoms with Crippen LogP contribution in [-0.2, 0) is 22.7 Å². The molecule has 2 aromatic heterocycles. The average Bonchev–Trinajstić information content (AvgIpc) is 3.09. The molecule has 0 fully saturated rings. The molecule has 0 radical (unpaired) electrons. The summed E-state index contributed by atoms with van der Waals surface area (Å²) < 4.78 is 20.2. The van der Waals surface area contributed by atoms with Gasteiger partial charge in [0.05, 0.1) is 24.0 Å². The summed E-state index contributed by atoms with van der Waals surface area (Å²) in [5.41, 5.74) is 10.8. The van der Waals surface area contributed by atoms with Crippen LogP contribution in [0.5, 0.6) is 0 Å². The summed E-state index contributed by atoms with van der Waals surface area (Å²) in [7, 11) is 1.36. The molecule has 11 nitrogen and oxygen atoms in total. The van der Waals surface area contributed by atoms with E-state index in [0.29, 0.717) is 10.6 Å². The molecule has 13 heteroatoms. The smallest absolute Gasteiger partial charge is 0.277 e. The summed E-state index contributed by atoms with van der Waals surface area (Å²) in [4.78, 5) is 40.3. The standard InChI is InChI=1S/C20H19ClFN7O4/c1-33-9-29-18(23)15(19(24)31)16(28-29)20(32)27-13-7-12(8-25-17(13)22)26-14(30)6-10-2-4-11(21)5-3-10/h2-5,7-8H,6,9,23H2,1H3,(H2,24,31)(H,26,30)(H,27,32). The number of anilines is 3. The fourth-order valence-corrected chi connectivity index (χ4v) is 3.00. The Morgan fingerprint density at radius 3 is 2.55 bits per heavy atom. The summed E-state index contributed by atoms with van der Waals surface area (Å²) >= 11 is 5.83. The lowest BCUT2D eigenvalue weighted by molar-refractivity contribution is -0.115. The lowest BCUT2D eigenvalue weighted by Gasteiger charge is -2.09. The third-order valence-corrected chi connectivity index (χ3v) is 4.61. The number of nitrogens with zero attached hydrogens (tertiary/aromatic N) is 3. The fourth-order valence-electron chi connectivity index (χ4n) is 2.88. The number of nitrogens with two attached hydrogens (primary N) is 2. The molecule has 2 heterocycles. The number of halogens is 2. The van der Waals surface area contributed by atoms with Crippen LogP contribution in [0.4, 0.5) is 21.6 Å². The highest BCUT2D eigenvalue weighted by molar-refractivity contribution is 6.30. The Bertz CT molecular complexity index is 1210. The lowest BCUT2D eigenvalue weighted by Crippen LogP contribution is -2.21. The quantitative estimate of drug-likeness (QED) is 0.360. The minimum atomic E-state index is -1.02. The van der Waals surface area contributed by atoms with E-state index < -0.39 is 29.4 Å². The minimum absolute atomic E-state index is 0.0361. The first-order valence-electron chi connectivity index (χ1n) is 9.35. The average molecular weight is 476 g/mol. The third kappa shape index (κ3) is 5.61. The zero-order valence-corrected chi connectivity index (χ0v) is 18.0. The van der Waals surface area contributed by atoms with Crippen molar-refractivity contribution >= 4 is 46.5 Å². The van der Waals surface area contributed by atoms with Gasteiger partial charge in [-0.3, -0.25) is 14.4 Å². The van der Waals surface area contributed by atoms with E-state index in [0.717, 1.165) is 10.9 Å². The van der Waals surface area contributed by atoms with Crippen LogP contribution in [0.3, 0.4) is 0 Å². The van der Waals surface area contributed by atoms with Gasteiger partial charge in [-0.15, -0.1) is 0 Å². The van der Waals surface area contributed by atoms with E-state index in [1.165, 1.54) is 13.2 Å². The highest BCUT2D eigenvalue weighted by atomic mass is 35.5. The molecule has 0 bridgehead atoms. The first-order valence-corrected chi connectivity index (χ1v) is 9.73. The Morgan fingerprint density at radius 1 is 1.21 bits per heavy atom. The summed E-state index contributed by atoms with van der Waals surface area (Å²) in [5.74, 6) is -3.57. The fraction of sp³-hybridized carbons (Fsp3) is 0.150. The number of nitrogens with one attached hydrogen (secondary N) is 2. The molecule has 33 heavy (non-hydrogen) atoms. The molecule has 3 rings (SSSR count). The number of rotatable bonds is 8. The normalized spacial score (nSPS) is 10.6. The number of aromatic nitrogens is 3. The molecular weight excluding hydrogens is 457 g/mol. The molecule has 0 atom stereocenters. The number of ether oxygens (including phenoxy) is 1. The van der Waals surface area contributed by atoms with Crippen molar-refractivity contribution in [1.82, 2.24) is 14.8 Å². The van der Waals surface area contributed by atoms with Crippen LogP contribution in [-0.4, -0.2) is 39.6 Å². The van der Waals surface area contributed by atoms with Crippen molar-refractivity contribution in [3.05, 3.63) is 64.3 Å². The first kappa shape index (κ1) is 23.6. The van der Waals surface area contributed by atoms with E-state index in [1.54, 1.807) is 24.3 Å². The van der Waals surface area contributed by atoms with Gasteiger partial charge in [-0.25, -0.2) is 9.67 Å². The Labute approximate surface area is 191 Å². The van der Waals surface area contributed by atoms with Gasteiger partial charge in [0.1, 0.15) is 18.1 Å². The molecule has 0 unspecified atom stereocenters. The van der Waals surface area contributed by atoms with E-state index in [2.05, 4.69) is 20.7 Å². The molecule has 0 spiro atoms. The predicted octanol–water partition coefficient (Wildman–Crippen LogP) is 1.79. The molecule has 0 saturated carbocycles. The maximum Gasteiger partial charge on any atom is 0.277 e. The number of carbonyl (C=O) groups excluding carboxylic acids is 3. The monoisotopic (exact) mass is 475 g/mol. The number of carbonyl (C=O) groups is 3. The number of hydrogen-bond acceptors (Lipinski definition) is 7. The maximum atomic E-state index is 14.2. The summed E-state index contributed by atoms with van der Waals surface area (Å²) in [6.45, 7) is -0.148. The van der Waals surface area contributed by atoms with Gasteiger partial charge in [-0.05, 0) is 23.8 Å². The summed E-state index contributed by atoms with van der Waals surface area (Å²) in [6, 6.07) is 7.86. The van der Waals surface area contributed by atoms with Crippen molar-refractivity contribution in [2.24, 2.45) is 5.73 Å². The van der Waals surface area contributed by atoms with Gasteiger partial charge in [-0.2, -0.15) is 9.49 Å². The Balaban J connectivity index is 1.78. The second kappa shape index (κ2) is 10.1. The predicted molar refractivity (Wildman–Crippen MR) is 118 cm³/mol. The number of methoxy groups -OCH3 is 1. The van der Waals surface area contributed by atoms with Crippen molar-refractivity contribution in [2.75, 3.05) is 23.5 Å². The summed E-state index contributed by atoms with van der Waals surface area (Å²) in [6.07, 6.45) is 1.12. The maximum absolute atomic E-state index is 14.2. The number of primary amides is 1. The molecule has 0 aliphatic carbocycles. The second-order valence-electron chi connectivity index (χ2n) is 6.76. The first-order chi connectivity index (χ1) is 15.7. The highest BCUT2D eigenvalue weighted by Gasteiger charge is 2.26. The molecule has 0 aliphatic rings. The van der Waals surface area contributed by atoms with Crippen LogP contribution in [0, 0.1) is 5.95 Å². The Kier molecular flexibility index (Phi) is 7.20. The van der Waals surface area contributed by atoms with E-state index in [1.807, 2.05) is 0 Å². The van der Waals surface area contributed by atoms with E-state index >= 15 is 0 Å². The Morgan fingerprint density at radius 2 is 1.91 bits per heavy atom. The number of pyridine rings is 1. The van der Waals surface area contributed by atoms with E-state index in [9.17, 15) is 18.8 Å². The molecular formula is C20H19ClFN7O4. The SMILES string of the molecule is COCn1nc(C(=O)Nc2cc(NC(=O)Cc3ccc(Cl)cc3)cnc2F)c(C(N)=O)c1N. The van der Waals surface area contributed by atoms with Gasteiger partial charge in [-0.1, -0.05) is 23.7 Å². The molecule has 0 aliphatic heterocycles. The summed E-state index contributed by atoms with van der Waals surface area (Å²) in [5, 5.41) is 9.25. The molecule has 3 amide bonds. The van der Waals surface area contributed by atoms with Crippen molar-refractivity contribution in [3.63, 3.8) is 0 Å². The van der Waals surface area contributed by atoms with Crippen LogP contribution in [0.1, 0.15) is 26.4 Å². The van der Waals surface area contributed by atoms with Gasteiger partial charge in [0.15, 0.2) is 5.69 Å². The highest BCUT2D eigenvalue weighted by Crippen LogP contribution is 2.21. The van der Waals surface area contributed by atoms with Crippen molar-refractivity contribution in [2.45, 2.75) is 13.2 Å². The molecule has 3 aromatic rings. The van der Waals surface area contributed by atoms with E-state index in [-0.39, 0.29) is 35.9 Å². The number of amides is 3.